The zero-order chi connectivity index (χ0) is 28.2. The van der Waals surface area contributed by atoms with E-state index in [4.69, 9.17) is 18.6 Å². The number of ether oxygens (including phenoxy) is 1. The van der Waals surface area contributed by atoms with Gasteiger partial charge in [-0.2, -0.15) is 0 Å². The maximum absolute atomic E-state index is 12.0. The van der Waals surface area contributed by atoms with E-state index in [0.29, 0.717) is 16.9 Å². The number of nitrogens with one attached hydrogen (secondary N) is 1. The maximum Gasteiger partial charge on any atom is 0.336 e. The average molecular weight is 550 g/mol. The van der Waals surface area contributed by atoms with Crippen molar-refractivity contribution in [1.82, 2.24) is 9.88 Å². The summed E-state index contributed by atoms with van der Waals surface area (Å²) in [5.41, 5.74) is 4.96. The summed E-state index contributed by atoms with van der Waals surface area (Å²) in [7, 11) is 1.57. The van der Waals surface area contributed by atoms with Crippen LogP contribution in [0.1, 0.15) is 38.2 Å². The number of methoxy groups -OCH3 is 1. The molecule has 6 rings (SSSR count). The maximum atomic E-state index is 12.0. The lowest BCUT2D eigenvalue weighted by Crippen LogP contribution is -2.24. The van der Waals surface area contributed by atoms with E-state index in [1.165, 1.54) is 22.5 Å². The highest BCUT2D eigenvalue weighted by molar-refractivity contribution is 6.07. The molecule has 0 saturated carbocycles. The molecular weight excluding hydrogens is 514 g/mol. The summed E-state index contributed by atoms with van der Waals surface area (Å²) in [5.74, 6) is 0.464. The van der Waals surface area contributed by atoms with Crippen LogP contribution in [-0.2, 0) is 6.54 Å². The fourth-order valence-electron chi connectivity index (χ4n) is 5.78. The second-order valence-electron chi connectivity index (χ2n) is 10.4. The second kappa shape index (κ2) is 12.0. The molecule has 7 heteroatoms. The van der Waals surface area contributed by atoms with E-state index >= 15 is 0 Å². The van der Waals surface area contributed by atoms with Crippen molar-refractivity contribution in [1.29, 1.82) is 0 Å². The lowest BCUT2D eigenvalue weighted by atomic mass is 10.0. The third kappa shape index (κ3) is 5.37. The Morgan fingerprint density at radius 2 is 1.54 bits per heavy atom. The molecule has 0 bridgehead atoms. The van der Waals surface area contributed by atoms with Gasteiger partial charge in [0.2, 0.25) is 5.75 Å². The molecule has 0 fully saturated rings. The number of para-hydroxylation sites is 2. The fourth-order valence-corrected chi connectivity index (χ4v) is 5.78. The van der Waals surface area contributed by atoms with Crippen molar-refractivity contribution in [3.8, 4) is 5.75 Å². The van der Waals surface area contributed by atoms with Crippen LogP contribution in [0.4, 0.5) is 5.69 Å². The van der Waals surface area contributed by atoms with Gasteiger partial charge in [0.25, 0.3) is 0 Å². The smallest absolute Gasteiger partial charge is 0.336 e. The fraction of sp³-hybridized carbons (Fsp3) is 0.294. The van der Waals surface area contributed by atoms with Crippen molar-refractivity contribution in [2.45, 2.75) is 39.2 Å². The third-order valence-electron chi connectivity index (χ3n) is 7.88. The van der Waals surface area contributed by atoms with Crippen molar-refractivity contribution >= 4 is 49.4 Å². The van der Waals surface area contributed by atoms with Crippen LogP contribution in [0.3, 0.4) is 0 Å². The highest BCUT2D eigenvalue weighted by atomic mass is 16.5. The van der Waals surface area contributed by atoms with E-state index in [2.05, 4.69) is 53.5 Å². The lowest BCUT2D eigenvalue weighted by molar-refractivity contribution is 0.274. The molecule has 7 nitrogen and oxygen atoms in total. The standard InChI is InChI=1S/C34H35N3O4/c1-3-37(22-27-23-16-17-30(38)41-33(23)34(39-2)32-24(27)18-21-40-32)20-11-5-4-10-19-35-31-25-12-6-8-14-28(25)36-29-15-9-7-13-26(29)31/h6-9,12-18,21H,3-5,10-11,19-20,22H2,1-2H3,(H,35,36). The van der Waals surface area contributed by atoms with Crippen LogP contribution in [0.2, 0.25) is 0 Å². The number of benzene rings is 3. The molecule has 3 aromatic heterocycles. The topological polar surface area (TPSA) is 80.7 Å². The van der Waals surface area contributed by atoms with E-state index < -0.39 is 5.63 Å². The first-order chi connectivity index (χ1) is 20.2. The summed E-state index contributed by atoms with van der Waals surface area (Å²) in [6.07, 6.45) is 6.21. The summed E-state index contributed by atoms with van der Waals surface area (Å²) in [6.45, 7) is 5.77. The van der Waals surface area contributed by atoms with Crippen molar-refractivity contribution in [3.05, 3.63) is 89.0 Å². The van der Waals surface area contributed by atoms with Crippen molar-refractivity contribution in [2.24, 2.45) is 0 Å². The molecule has 0 amide bonds. The van der Waals surface area contributed by atoms with Gasteiger partial charge in [-0.05, 0) is 55.8 Å². The molecule has 0 aliphatic rings. The van der Waals surface area contributed by atoms with Gasteiger partial charge in [-0.3, -0.25) is 4.90 Å². The largest absolute Gasteiger partial charge is 0.490 e. The zero-order valence-corrected chi connectivity index (χ0v) is 23.6. The molecule has 3 heterocycles. The first kappa shape index (κ1) is 26.8. The Balaban J connectivity index is 1.07. The Morgan fingerprint density at radius 1 is 0.829 bits per heavy atom. The van der Waals surface area contributed by atoms with Crippen LogP contribution in [0, 0.1) is 0 Å². The third-order valence-corrected chi connectivity index (χ3v) is 7.88. The second-order valence-corrected chi connectivity index (χ2v) is 10.4. The predicted molar refractivity (Wildman–Crippen MR) is 166 cm³/mol. The van der Waals surface area contributed by atoms with E-state index in [1.54, 1.807) is 13.4 Å². The molecule has 0 aliphatic carbocycles. The Labute approximate surface area is 238 Å². The molecule has 0 radical (unpaired) electrons. The number of aromatic nitrogens is 1. The SMILES string of the molecule is CCN(CCCCCCNc1c2ccccc2nc2ccccc12)Cc1c2ccoc2c(OC)c2oc(=O)ccc12. The van der Waals surface area contributed by atoms with Gasteiger partial charge in [0.1, 0.15) is 0 Å². The molecule has 0 unspecified atom stereocenters. The molecule has 0 saturated heterocycles. The Morgan fingerprint density at radius 3 is 2.27 bits per heavy atom. The van der Waals surface area contributed by atoms with Crippen LogP contribution < -0.4 is 15.7 Å². The Kier molecular flexibility index (Phi) is 7.87. The summed E-state index contributed by atoms with van der Waals surface area (Å²) in [6, 6.07) is 22.0. The number of hydrogen-bond acceptors (Lipinski definition) is 7. The number of pyridine rings is 1. The van der Waals surface area contributed by atoms with E-state index in [0.717, 1.165) is 79.2 Å². The number of nitrogens with zero attached hydrogens (tertiary/aromatic N) is 2. The molecule has 210 valence electrons. The molecule has 1 N–H and O–H groups in total. The minimum atomic E-state index is -0.403. The first-order valence-electron chi connectivity index (χ1n) is 14.4. The Bertz CT molecular complexity index is 1820. The number of hydrogen-bond donors (Lipinski definition) is 1. The normalized spacial score (nSPS) is 11.8. The van der Waals surface area contributed by atoms with Gasteiger partial charge < -0.3 is 18.9 Å². The highest BCUT2D eigenvalue weighted by Crippen LogP contribution is 2.39. The Hall–Kier alpha value is -4.36. The van der Waals surface area contributed by atoms with Crippen LogP contribution >= 0.6 is 0 Å². The van der Waals surface area contributed by atoms with Gasteiger partial charge in [-0.25, -0.2) is 9.78 Å². The van der Waals surface area contributed by atoms with Crippen molar-refractivity contribution in [3.63, 3.8) is 0 Å². The van der Waals surface area contributed by atoms with Gasteiger partial charge in [0, 0.05) is 40.7 Å². The molecule has 6 aromatic rings. The van der Waals surface area contributed by atoms with Crippen molar-refractivity contribution in [2.75, 3.05) is 32.1 Å². The lowest BCUT2D eigenvalue weighted by Gasteiger charge is -2.22. The number of furan rings is 1. The minimum Gasteiger partial charge on any atom is -0.490 e. The van der Waals surface area contributed by atoms with Gasteiger partial charge in [-0.1, -0.05) is 56.2 Å². The van der Waals surface area contributed by atoms with E-state index in [1.807, 2.05) is 24.3 Å². The van der Waals surface area contributed by atoms with Crippen molar-refractivity contribution < 1.29 is 13.6 Å². The quantitative estimate of drug-likeness (QED) is 0.0950. The number of fused-ring (bicyclic) bond motifs is 4. The minimum absolute atomic E-state index is 0.403. The molecule has 0 aliphatic heterocycles. The summed E-state index contributed by atoms with van der Waals surface area (Å²) in [4.78, 5) is 19.3. The summed E-state index contributed by atoms with van der Waals surface area (Å²) < 4.78 is 16.9. The molecule has 0 spiro atoms. The van der Waals surface area contributed by atoms with Crippen LogP contribution in [0.25, 0.3) is 43.7 Å². The first-order valence-corrected chi connectivity index (χ1v) is 14.4. The number of unbranched alkanes of at least 4 members (excludes halogenated alkanes) is 3. The van der Waals surface area contributed by atoms with E-state index in [-0.39, 0.29) is 0 Å². The molecule has 0 atom stereocenters. The summed E-state index contributed by atoms with van der Waals surface area (Å²) in [5, 5.41) is 7.93. The number of anilines is 1. The number of rotatable bonds is 12. The van der Waals surface area contributed by atoms with Gasteiger partial charge in [0.15, 0.2) is 11.2 Å². The zero-order valence-electron chi connectivity index (χ0n) is 23.6. The monoisotopic (exact) mass is 549 g/mol. The van der Waals surface area contributed by atoms with Crippen LogP contribution in [-0.4, -0.2) is 36.6 Å². The van der Waals surface area contributed by atoms with Gasteiger partial charge in [-0.15, -0.1) is 0 Å². The molecular formula is C34H35N3O4. The average Bonchev–Trinajstić information content (AvgIpc) is 3.48. The summed E-state index contributed by atoms with van der Waals surface area (Å²) >= 11 is 0. The van der Waals surface area contributed by atoms with Gasteiger partial charge >= 0.3 is 5.63 Å². The van der Waals surface area contributed by atoms with E-state index in [9.17, 15) is 4.79 Å². The van der Waals surface area contributed by atoms with Crippen LogP contribution in [0.15, 0.2) is 86.6 Å². The van der Waals surface area contributed by atoms with Crippen LogP contribution in [0.5, 0.6) is 5.75 Å². The molecule has 41 heavy (non-hydrogen) atoms. The highest BCUT2D eigenvalue weighted by Gasteiger charge is 2.20. The predicted octanol–water partition coefficient (Wildman–Crippen LogP) is 7.74. The molecule has 3 aromatic carbocycles. The van der Waals surface area contributed by atoms with Gasteiger partial charge in [0.05, 0.1) is 30.1 Å².